The molecule has 4 atom stereocenters. The summed E-state index contributed by atoms with van der Waals surface area (Å²) in [5.74, 6) is -7.37. The molecule has 3 amide bonds. The van der Waals surface area contributed by atoms with Gasteiger partial charge in [-0.2, -0.15) is 0 Å². The van der Waals surface area contributed by atoms with Crippen molar-refractivity contribution in [1.82, 2.24) is 10.6 Å². The second-order valence-corrected chi connectivity index (χ2v) is 13.5. The third-order valence-electron chi connectivity index (χ3n) is 9.01. The highest BCUT2D eigenvalue weighted by molar-refractivity contribution is 6.06. The maximum Gasteiger partial charge on any atom is 0.412 e. The molecule has 0 radical (unpaired) electrons. The van der Waals surface area contributed by atoms with Crippen molar-refractivity contribution in [2.75, 3.05) is 25.3 Å². The molecule has 1 fully saturated rings. The molecule has 0 aliphatic heterocycles. The number of rotatable bonds is 11. The molecule has 1 saturated carbocycles. The predicted octanol–water partition coefficient (Wildman–Crippen LogP) is 5.02. The summed E-state index contributed by atoms with van der Waals surface area (Å²) >= 11 is 0. The molecule has 14 heteroatoms. The Morgan fingerprint density at radius 2 is 1.15 bits per heavy atom. The number of anilines is 2. The Labute approximate surface area is 305 Å². The van der Waals surface area contributed by atoms with Crippen LogP contribution in [-0.4, -0.2) is 71.0 Å². The zero-order valence-corrected chi connectivity index (χ0v) is 29.6. The highest BCUT2D eigenvalue weighted by atomic mass is 16.6. The van der Waals surface area contributed by atoms with Crippen molar-refractivity contribution in [2.45, 2.75) is 49.3 Å². The van der Waals surface area contributed by atoms with Crippen molar-refractivity contribution in [2.24, 2.45) is 0 Å². The van der Waals surface area contributed by atoms with Gasteiger partial charge in [0.15, 0.2) is 11.1 Å². The SMILES string of the molecule is COc1ccc(C2C(NC(=O)c3ccc(N)cc3)(C(=O)O)C(c3cccc(OC)c3)C2(NC(=O)c2ccc(NC(=O)OC(C)(C)C)cc2)C(=O)O)cc1. The van der Waals surface area contributed by atoms with Crippen molar-refractivity contribution < 1.29 is 48.4 Å². The van der Waals surface area contributed by atoms with E-state index in [4.69, 9.17) is 19.9 Å². The van der Waals surface area contributed by atoms with Crippen LogP contribution in [0.15, 0.2) is 97.1 Å². The van der Waals surface area contributed by atoms with Gasteiger partial charge in [0.2, 0.25) is 0 Å². The topological polar surface area (TPSA) is 216 Å². The van der Waals surface area contributed by atoms with Crippen LogP contribution in [0.3, 0.4) is 0 Å². The summed E-state index contributed by atoms with van der Waals surface area (Å²) in [4.78, 5) is 68.0. The second-order valence-electron chi connectivity index (χ2n) is 13.5. The van der Waals surface area contributed by atoms with Crippen molar-refractivity contribution in [3.05, 3.63) is 119 Å². The molecule has 4 unspecified atom stereocenters. The van der Waals surface area contributed by atoms with E-state index in [0.29, 0.717) is 17.1 Å². The molecule has 0 aromatic heterocycles. The van der Waals surface area contributed by atoms with Gasteiger partial charge in [0.05, 0.1) is 26.1 Å². The fraction of sp³-hybridized carbons (Fsp3) is 0.256. The molecule has 7 N–H and O–H groups in total. The van der Waals surface area contributed by atoms with Crippen LogP contribution in [0.1, 0.15) is 64.4 Å². The lowest BCUT2D eigenvalue weighted by Crippen LogP contribution is -2.86. The van der Waals surface area contributed by atoms with E-state index in [1.807, 2.05) is 0 Å². The van der Waals surface area contributed by atoms with Crippen LogP contribution >= 0.6 is 0 Å². The summed E-state index contributed by atoms with van der Waals surface area (Å²) in [6.45, 7) is 5.12. The first-order valence-electron chi connectivity index (χ1n) is 16.4. The molecule has 276 valence electrons. The van der Waals surface area contributed by atoms with E-state index in [0.717, 1.165) is 0 Å². The number of hydrogen-bond donors (Lipinski definition) is 6. The van der Waals surface area contributed by atoms with Crippen LogP contribution < -0.4 is 31.2 Å². The second kappa shape index (κ2) is 14.6. The van der Waals surface area contributed by atoms with Gasteiger partial charge in [-0.3, -0.25) is 14.9 Å². The molecular formula is C39H40N4O10. The number of carboxylic acid groups (broad SMARTS) is 2. The first-order valence-corrected chi connectivity index (χ1v) is 16.4. The van der Waals surface area contributed by atoms with Gasteiger partial charge in [0.1, 0.15) is 17.1 Å². The maximum atomic E-state index is 14.1. The van der Waals surface area contributed by atoms with Gasteiger partial charge in [0, 0.05) is 22.5 Å². The highest BCUT2D eigenvalue weighted by Gasteiger charge is 2.80. The average Bonchev–Trinajstić information content (AvgIpc) is 3.10. The largest absolute Gasteiger partial charge is 0.497 e. The standard InChI is InChI=1S/C39H40N4O10/c1-37(2,3)53-36(50)41-27-17-11-24(12-18-27)33(45)43-39(35(48)49)30(22-13-19-28(51-4)20-14-22)38(34(46)47,31(39)25-7-6-8-29(21-25)52-5)42-32(44)23-9-15-26(40)16-10-23/h6-21,30-31H,40H2,1-5H3,(H,41,50)(H,42,44)(H,43,45)(H,46,47)(H,48,49). The smallest absolute Gasteiger partial charge is 0.412 e. The van der Waals surface area contributed by atoms with Gasteiger partial charge in [-0.05, 0) is 105 Å². The highest BCUT2D eigenvalue weighted by Crippen LogP contribution is 2.63. The first kappa shape index (κ1) is 37.7. The van der Waals surface area contributed by atoms with E-state index in [1.165, 1.54) is 99.1 Å². The van der Waals surface area contributed by atoms with Gasteiger partial charge in [-0.1, -0.05) is 24.3 Å². The van der Waals surface area contributed by atoms with Gasteiger partial charge in [-0.25, -0.2) is 14.4 Å². The molecule has 0 spiro atoms. The summed E-state index contributed by atoms with van der Waals surface area (Å²) in [6, 6.07) is 23.5. The van der Waals surface area contributed by atoms with Crippen LogP contribution in [0.5, 0.6) is 11.5 Å². The van der Waals surface area contributed by atoms with Crippen molar-refractivity contribution >= 4 is 41.2 Å². The molecule has 0 saturated heterocycles. The normalized spacial score (nSPS) is 20.5. The molecule has 4 aromatic carbocycles. The van der Waals surface area contributed by atoms with E-state index in [9.17, 15) is 34.2 Å². The van der Waals surface area contributed by atoms with E-state index < -0.39 is 58.4 Å². The lowest BCUT2D eigenvalue weighted by Gasteiger charge is -2.64. The Morgan fingerprint density at radius 1 is 0.660 bits per heavy atom. The fourth-order valence-corrected chi connectivity index (χ4v) is 6.79. The number of nitrogens with one attached hydrogen (secondary N) is 3. The van der Waals surface area contributed by atoms with E-state index in [1.54, 1.807) is 32.9 Å². The van der Waals surface area contributed by atoms with Gasteiger partial charge >= 0.3 is 18.0 Å². The van der Waals surface area contributed by atoms with Crippen molar-refractivity contribution in [3.8, 4) is 11.5 Å². The molecule has 53 heavy (non-hydrogen) atoms. The molecule has 1 aliphatic rings. The fourth-order valence-electron chi connectivity index (χ4n) is 6.79. The van der Waals surface area contributed by atoms with Gasteiger partial charge in [-0.15, -0.1) is 0 Å². The quantitative estimate of drug-likeness (QED) is 0.113. The van der Waals surface area contributed by atoms with Crippen LogP contribution in [0.4, 0.5) is 16.2 Å². The molecule has 14 nitrogen and oxygen atoms in total. The summed E-state index contributed by atoms with van der Waals surface area (Å²) in [6.07, 6.45) is -0.719. The zero-order valence-electron chi connectivity index (χ0n) is 29.6. The molecule has 5 rings (SSSR count). The van der Waals surface area contributed by atoms with Crippen molar-refractivity contribution in [1.29, 1.82) is 0 Å². The summed E-state index contributed by atoms with van der Waals surface area (Å²) < 4.78 is 16.0. The molecule has 4 aromatic rings. The third kappa shape index (κ3) is 7.29. The number of ether oxygens (including phenoxy) is 3. The van der Waals surface area contributed by atoms with Crippen LogP contribution in [-0.2, 0) is 14.3 Å². The third-order valence-corrected chi connectivity index (χ3v) is 9.01. The average molecular weight is 725 g/mol. The number of carbonyl (C=O) groups excluding carboxylic acids is 3. The number of amides is 3. The lowest BCUT2D eigenvalue weighted by molar-refractivity contribution is -0.171. The molecular weight excluding hydrogens is 684 g/mol. The Hall–Kier alpha value is -6.57. The number of methoxy groups -OCH3 is 2. The number of nitrogens with two attached hydrogens (primary N) is 1. The van der Waals surface area contributed by atoms with Gasteiger partial charge in [0.25, 0.3) is 11.8 Å². The molecule has 1 aliphatic carbocycles. The zero-order chi connectivity index (χ0) is 38.7. The van der Waals surface area contributed by atoms with Gasteiger partial charge < -0.3 is 40.8 Å². The summed E-state index contributed by atoms with van der Waals surface area (Å²) in [5, 5.41) is 30.4. The number of carboxylic acids is 2. The summed E-state index contributed by atoms with van der Waals surface area (Å²) in [5.41, 5.74) is 1.36. The number of nitrogen functional groups attached to an aromatic ring is 1. The van der Waals surface area contributed by atoms with E-state index in [2.05, 4.69) is 16.0 Å². The number of hydrogen-bond acceptors (Lipinski definition) is 9. The monoisotopic (exact) mass is 724 g/mol. The Balaban J connectivity index is 1.67. The Bertz CT molecular complexity index is 2030. The number of benzene rings is 4. The van der Waals surface area contributed by atoms with Crippen LogP contribution in [0.25, 0.3) is 0 Å². The maximum absolute atomic E-state index is 14.1. The minimum absolute atomic E-state index is 0.00280. The van der Waals surface area contributed by atoms with Crippen LogP contribution in [0.2, 0.25) is 0 Å². The molecule has 0 heterocycles. The van der Waals surface area contributed by atoms with Crippen LogP contribution in [0, 0.1) is 0 Å². The number of aliphatic carboxylic acids is 2. The molecule has 0 bridgehead atoms. The lowest BCUT2D eigenvalue weighted by atomic mass is 9.43. The predicted molar refractivity (Wildman–Crippen MR) is 194 cm³/mol. The minimum atomic E-state index is -2.39. The number of carbonyl (C=O) groups is 5. The van der Waals surface area contributed by atoms with E-state index in [-0.39, 0.29) is 28.0 Å². The Morgan fingerprint density at radius 3 is 1.62 bits per heavy atom. The summed E-state index contributed by atoms with van der Waals surface area (Å²) in [7, 11) is 2.82. The van der Waals surface area contributed by atoms with Crippen molar-refractivity contribution in [3.63, 3.8) is 0 Å². The van der Waals surface area contributed by atoms with E-state index >= 15 is 0 Å². The Kier molecular flexibility index (Phi) is 10.4. The first-order chi connectivity index (χ1) is 25.0. The minimum Gasteiger partial charge on any atom is -0.497 e.